The molecular formula is C12H18Cl2. The summed E-state index contributed by atoms with van der Waals surface area (Å²) in [5.41, 5.74) is 0. The Hall–Kier alpha value is 0.0600. The Bertz CT molecular complexity index is 174. The predicted molar refractivity (Wildman–Crippen MR) is 65.3 cm³/mol. The quantitative estimate of drug-likeness (QED) is 0.421. The zero-order chi connectivity index (χ0) is 10.2. The highest BCUT2D eigenvalue weighted by atomic mass is 35.5. The molecule has 2 atom stereocenters. The maximum absolute atomic E-state index is 6.17. The molecule has 0 radical (unpaired) electrons. The van der Waals surface area contributed by atoms with Crippen LogP contribution in [0.5, 0.6) is 0 Å². The van der Waals surface area contributed by atoms with Crippen molar-refractivity contribution in [3.63, 3.8) is 0 Å². The first-order valence-electron chi connectivity index (χ1n) is 5.39. The van der Waals surface area contributed by atoms with E-state index in [1.54, 1.807) is 0 Å². The first kappa shape index (κ1) is 12.1. The highest BCUT2D eigenvalue weighted by Gasteiger charge is 2.14. The standard InChI is InChI=1S/C12H18Cl2/c13-11-9-7-5-3-1-2-4-6-8-10-12(11)14/h3-6,11-12H,1-2,7-10H2/b5-3-,6-4+/t11-,12+/m1/s1. The molecule has 2 heteroatoms. The summed E-state index contributed by atoms with van der Waals surface area (Å²) in [6.45, 7) is 0. The van der Waals surface area contributed by atoms with Crippen LogP contribution in [0.1, 0.15) is 38.5 Å². The summed E-state index contributed by atoms with van der Waals surface area (Å²) in [4.78, 5) is 0. The molecule has 14 heavy (non-hydrogen) atoms. The van der Waals surface area contributed by atoms with Gasteiger partial charge in [-0.15, -0.1) is 23.2 Å². The first-order valence-corrected chi connectivity index (χ1v) is 6.26. The van der Waals surface area contributed by atoms with Crippen molar-refractivity contribution in [1.82, 2.24) is 0 Å². The molecule has 0 unspecified atom stereocenters. The van der Waals surface area contributed by atoms with Gasteiger partial charge in [-0.05, 0) is 38.5 Å². The molecule has 0 aromatic heterocycles. The monoisotopic (exact) mass is 232 g/mol. The van der Waals surface area contributed by atoms with Gasteiger partial charge in [-0.1, -0.05) is 24.3 Å². The summed E-state index contributed by atoms with van der Waals surface area (Å²) in [5.74, 6) is 0. The maximum atomic E-state index is 6.17. The average molecular weight is 233 g/mol. The average Bonchev–Trinajstić information content (AvgIpc) is 2.18. The highest BCUT2D eigenvalue weighted by Crippen LogP contribution is 2.21. The van der Waals surface area contributed by atoms with E-state index in [0.29, 0.717) is 0 Å². The van der Waals surface area contributed by atoms with Crippen LogP contribution in [0, 0.1) is 0 Å². The highest BCUT2D eigenvalue weighted by molar-refractivity contribution is 6.29. The fraction of sp³-hybridized carbons (Fsp3) is 0.667. The molecule has 0 aromatic carbocycles. The van der Waals surface area contributed by atoms with E-state index in [9.17, 15) is 0 Å². The van der Waals surface area contributed by atoms with Gasteiger partial charge in [0.1, 0.15) is 0 Å². The third kappa shape index (κ3) is 5.07. The van der Waals surface area contributed by atoms with Crippen molar-refractivity contribution in [1.29, 1.82) is 0 Å². The van der Waals surface area contributed by atoms with Gasteiger partial charge < -0.3 is 0 Å². The third-order valence-electron chi connectivity index (χ3n) is 2.44. The second kappa shape index (κ2) is 7.36. The van der Waals surface area contributed by atoms with Gasteiger partial charge in [-0.3, -0.25) is 0 Å². The second-order valence-electron chi connectivity index (χ2n) is 3.71. The Balaban J connectivity index is 2.41. The normalized spacial score (nSPS) is 35.3. The van der Waals surface area contributed by atoms with Crippen molar-refractivity contribution in [3.8, 4) is 0 Å². The summed E-state index contributed by atoms with van der Waals surface area (Å²) in [5, 5.41) is 0.239. The van der Waals surface area contributed by atoms with E-state index >= 15 is 0 Å². The zero-order valence-corrected chi connectivity index (χ0v) is 9.97. The summed E-state index contributed by atoms with van der Waals surface area (Å²) in [6, 6.07) is 0. The lowest BCUT2D eigenvalue weighted by Crippen LogP contribution is -2.14. The Morgan fingerprint density at radius 1 is 0.643 bits per heavy atom. The van der Waals surface area contributed by atoms with Crippen molar-refractivity contribution >= 4 is 23.2 Å². The molecule has 1 aliphatic rings. The number of halogens is 2. The zero-order valence-electron chi connectivity index (χ0n) is 8.46. The molecule has 0 saturated heterocycles. The van der Waals surface area contributed by atoms with Gasteiger partial charge in [0.2, 0.25) is 0 Å². The van der Waals surface area contributed by atoms with E-state index in [0.717, 1.165) is 38.5 Å². The Kier molecular flexibility index (Phi) is 6.38. The molecular weight excluding hydrogens is 215 g/mol. The molecule has 1 aliphatic carbocycles. The van der Waals surface area contributed by atoms with Gasteiger partial charge in [0.25, 0.3) is 0 Å². The van der Waals surface area contributed by atoms with Crippen LogP contribution in [0.25, 0.3) is 0 Å². The third-order valence-corrected chi connectivity index (χ3v) is 3.62. The minimum absolute atomic E-state index is 0.120. The lowest BCUT2D eigenvalue weighted by atomic mass is 10.1. The minimum atomic E-state index is 0.120. The van der Waals surface area contributed by atoms with Crippen LogP contribution < -0.4 is 0 Å². The van der Waals surface area contributed by atoms with Crippen LogP contribution in [0.15, 0.2) is 24.3 Å². The van der Waals surface area contributed by atoms with E-state index in [4.69, 9.17) is 23.2 Å². The lowest BCUT2D eigenvalue weighted by Gasteiger charge is -2.14. The molecule has 0 amide bonds. The van der Waals surface area contributed by atoms with Crippen LogP contribution in [0.4, 0.5) is 0 Å². The number of allylic oxidation sites excluding steroid dienone is 4. The smallest absolute Gasteiger partial charge is 0.0502 e. The Morgan fingerprint density at radius 3 is 1.43 bits per heavy atom. The van der Waals surface area contributed by atoms with E-state index < -0.39 is 0 Å². The van der Waals surface area contributed by atoms with E-state index in [1.165, 1.54) is 0 Å². The molecule has 0 heterocycles. The molecule has 0 nitrogen and oxygen atoms in total. The molecule has 0 spiro atoms. The fourth-order valence-corrected chi connectivity index (χ4v) is 2.04. The molecule has 0 N–H and O–H groups in total. The fourth-order valence-electron chi connectivity index (χ4n) is 1.54. The maximum Gasteiger partial charge on any atom is 0.0502 e. The second-order valence-corrected chi connectivity index (χ2v) is 4.83. The van der Waals surface area contributed by atoms with Crippen LogP contribution in [0.2, 0.25) is 0 Å². The SMILES string of the molecule is Cl[C@@H]1CC/C=C\CC/C=C/CC[C@@H]1Cl. The van der Waals surface area contributed by atoms with Crippen molar-refractivity contribution in [3.05, 3.63) is 24.3 Å². The van der Waals surface area contributed by atoms with E-state index in [2.05, 4.69) is 24.3 Å². The summed E-state index contributed by atoms with van der Waals surface area (Å²) >= 11 is 12.3. The molecule has 0 aromatic rings. The number of alkyl halides is 2. The van der Waals surface area contributed by atoms with Gasteiger partial charge in [-0.2, -0.15) is 0 Å². The predicted octanol–water partition coefficient (Wildman–Crippen LogP) is 4.67. The molecule has 0 aliphatic heterocycles. The largest absolute Gasteiger partial charge is 0.121 e. The van der Waals surface area contributed by atoms with Crippen LogP contribution in [-0.4, -0.2) is 10.8 Å². The van der Waals surface area contributed by atoms with Crippen molar-refractivity contribution in [2.75, 3.05) is 0 Å². The molecule has 80 valence electrons. The van der Waals surface area contributed by atoms with Crippen molar-refractivity contribution in [2.45, 2.75) is 49.3 Å². The van der Waals surface area contributed by atoms with Crippen LogP contribution in [-0.2, 0) is 0 Å². The molecule has 1 rings (SSSR count). The number of rotatable bonds is 0. The number of hydrogen-bond donors (Lipinski definition) is 0. The topological polar surface area (TPSA) is 0 Å². The lowest BCUT2D eigenvalue weighted by molar-refractivity contribution is 0.666. The number of hydrogen-bond acceptors (Lipinski definition) is 0. The van der Waals surface area contributed by atoms with Gasteiger partial charge in [0, 0.05) is 0 Å². The van der Waals surface area contributed by atoms with Gasteiger partial charge in [-0.25, -0.2) is 0 Å². The van der Waals surface area contributed by atoms with Crippen LogP contribution in [0.3, 0.4) is 0 Å². The molecule has 0 bridgehead atoms. The van der Waals surface area contributed by atoms with E-state index in [-0.39, 0.29) is 10.8 Å². The Morgan fingerprint density at radius 2 is 1.00 bits per heavy atom. The van der Waals surface area contributed by atoms with Crippen LogP contribution >= 0.6 is 23.2 Å². The summed E-state index contributed by atoms with van der Waals surface area (Å²) in [6.07, 6.45) is 15.3. The van der Waals surface area contributed by atoms with Crippen molar-refractivity contribution in [2.24, 2.45) is 0 Å². The summed E-state index contributed by atoms with van der Waals surface area (Å²) < 4.78 is 0. The molecule has 0 saturated carbocycles. The summed E-state index contributed by atoms with van der Waals surface area (Å²) in [7, 11) is 0. The van der Waals surface area contributed by atoms with Crippen molar-refractivity contribution < 1.29 is 0 Å². The Labute approximate surface area is 97.0 Å². The first-order chi connectivity index (χ1) is 6.80. The minimum Gasteiger partial charge on any atom is -0.121 e. The van der Waals surface area contributed by atoms with Gasteiger partial charge >= 0.3 is 0 Å². The molecule has 0 fully saturated rings. The van der Waals surface area contributed by atoms with Gasteiger partial charge in [0.15, 0.2) is 0 Å². The van der Waals surface area contributed by atoms with Gasteiger partial charge in [0.05, 0.1) is 10.8 Å². The van der Waals surface area contributed by atoms with E-state index in [1.807, 2.05) is 0 Å².